The number of ether oxygens (including phenoxy) is 2. The second-order valence-corrected chi connectivity index (χ2v) is 4.63. The Bertz CT molecular complexity index is 826. The van der Waals surface area contributed by atoms with E-state index < -0.39 is 5.97 Å². The monoisotopic (exact) mass is 298 g/mol. The molecule has 0 bridgehead atoms. The van der Waals surface area contributed by atoms with E-state index in [2.05, 4.69) is 4.98 Å². The first-order chi connectivity index (χ1) is 10.7. The van der Waals surface area contributed by atoms with Gasteiger partial charge in [-0.1, -0.05) is 12.1 Å². The molecule has 0 saturated heterocycles. The molecule has 0 amide bonds. The molecule has 1 aromatic carbocycles. The fourth-order valence-corrected chi connectivity index (χ4v) is 2.19. The van der Waals surface area contributed by atoms with Crippen molar-refractivity contribution in [1.29, 1.82) is 0 Å². The van der Waals surface area contributed by atoms with Crippen LogP contribution in [0.25, 0.3) is 5.65 Å². The van der Waals surface area contributed by atoms with Crippen molar-refractivity contribution >= 4 is 11.6 Å². The van der Waals surface area contributed by atoms with Gasteiger partial charge in [0.15, 0.2) is 17.1 Å². The van der Waals surface area contributed by atoms with Gasteiger partial charge in [-0.3, -0.25) is 0 Å². The molecule has 0 aliphatic heterocycles. The molecule has 0 unspecified atom stereocenters. The first-order valence-corrected chi connectivity index (χ1v) is 6.65. The Morgan fingerprint density at radius 2 is 2.00 bits per heavy atom. The van der Waals surface area contributed by atoms with Gasteiger partial charge in [0.25, 0.3) is 0 Å². The molecule has 0 saturated carbocycles. The second kappa shape index (κ2) is 5.77. The van der Waals surface area contributed by atoms with Crippen LogP contribution in [-0.2, 0) is 6.61 Å². The standard InChI is InChI=1S/C16H14N2O4/c1-21-13-6-2-3-7-14(13)22-10-11-9-18-8-4-5-12(16(19)20)15(18)17-11/h2-9H,10H2,1H3,(H,19,20). The Morgan fingerprint density at radius 1 is 1.23 bits per heavy atom. The van der Waals surface area contributed by atoms with Crippen LogP contribution in [0.5, 0.6) is 11.5 Å². The van der Waals surface area contributed by atoms with Crippen molar-refractivity contribution in [2.45, 2.75) is 6.61 Å². The number of rotatable bonds is 5. The van der Waals surface area contributed by atoms with Gasteiger partial charge >= 0.3 is 5.97 Å². The molecule has 3 rings (SSSR count). The summed E-state index contributed by atoms with van der Waals surface area (Å²) in [5.74, 6) is 0.242. The molecule has 0 atom stereocenters. The number of para-hydroxylation sites is 2. The third-order valence-electron chi connectivity index (χ3n) is 3.21. The van der Waals surface area contributed by atoms with Crippen molar-refractivity contribution in [3.8, 4) is 11.5 Å². The number of aromatic carboxylic acids is 1. The summed E-state index contributed by atoms with van der Waals surface area (Å²) in [6, 6.07) is 10.5. The van der Waals surface area contributed by atoms with Crippen molar-refractivity contribution in [3.63, 3.8) is 0 Å². The second-order valence-electron chi connectivity index (χ2n) is 4.63. The molecule has 0 aliphatic carbocycles. The maximum absolute atomic E-state index is 11.2. The van der Waals surface area contributed by atoms with E-state index >= 15 is 0 Å². The zero-order valence-electron chi connectivity index (χ0n) is 11.9. The number of methoxy groups -OCH3 is 1. The van der Waals surface area contributed by atoms with Gasteiger partial charge in [-0.25, -0.2) is 9.78 Å². The van der Waals surface area contributed by atoms with E-state index in [4.69, 9.17) is 14.6 Å². The Morgan fingerprint density at radius 3 is 2.73 bits per heavy atom. The van der Waals surface area contributed by atoms with Crippen LogP contribution in [0, 0.1) is 0 Å². The molecule has 2 heterocycles. The lowest BCUT2D eigenvalue weighted by molar-refractivity contribution is 0.0698. The van der Waals surface area contributed by atoms with Crippen LogP contribution in [0.4, 0.5) is 0 Å². The highest BCUT2D eigenvalue weighted by molar-refractivity contribution is 5.94. The Labute approximate surface area is 126 Å². The molecule has 0 aliphatic rings. The predicted molar refractivity (Wildman–Crippen MR) is 79.5 cm³/mol. The minimum atomic E-state index is -1.01. The van der Waals surface area contributed by atoms with Crippen LogP contribution in [0.1, 0.15) is 16.1 Å². The smallest absolute Gasteiger partial charge is 0.339 e. The molecule has 6 nitrogen and oxygen atoms in total. The van der Waals surface area contributed by atoms with Gasteiger partial charge in [0, 0.05) is 12.4 Å². The number of carboxylic acid groups (broad SMARTS) is 1. The van der Waals surface area contributed by atoms with Crippen LogP contribution >= 0.6 is 0 Å². The topological polar surface area (TPSA) is 73.1 Å². The third-order valence-corrected chi connectivity index (χ3v) is 3.21. The maximum atomic E-state index is 11.2. The lowest BCUT2D eigenvalue weighted by atomic mass is 10.3. The lowest BCUT2D eigenvalue weighted by Crippen LogP contribution is -2.00. The van der Waals surface area contributed by atoms with Gasteiger partial charge in [-0.15, -0.1) is 0 Å². The number of carboxylic acids is 1. The quantitative estimate of drug-likeness (QED) is 0.784. The number of benzene rings is 1. The first kappa shape index (κ1) is 13.9. The molecule has 0 radical (unpaired) electrons. The fourth-order valence-electron chi connectivity index (χ4n) is 2.19. The summed E-state index contributed by atoms with van der Waals surface area (Å²) in [6.07, 6.45) is 3.50. The molecule has 0 fully saturated rings. The summed E-state index contributed by atoms with van der Waals surface area (Å²) >= 11 is 0. The summed E-state index contributed by atoms with van der Waals surface area (Å²) in [4.78, 5) is 15.5. The van der Waals surface area contributed by atoms with E-state index in [-0.39, 0.29) is 12.2 Å². The largest absolute Gasteiger partial charge is 0.493 e. The first-order valence-electron chi connectivity index (χ1n) is 6.65. The molecular formula is C16H14N2O4. The summed E-state index contributed by atoms with van der Waals surface area (Å²) in [5, 5.41) is 9.17. The third kappa shape index (κ3) is 2.58. The predicted octanol–water partition coefficient (Wildman–Crippen LogP) is 2.62. The van der Waals surface area contributed by atoms with E-state index in [0.29, 0.717) is 22.8 Å². The van der Waals surface area contributed by atoms with E-state index in [1.807, 2.05) is 18.2 Å². The Kier molecular flexibility index (Phi) is 3.65. The van der Waals surface area contributed by atoms with E-state index in [9.17, 15) is 4.79 Å². The zero-order valence-corrected chi connectivity index (χ0v) is 11.9. The molecule has 0 spiro atoms. The number of imidazole rings is 1. The highest BCUT2D eigenvalue weighted by Crippen LogP contribution is 2.26. The van der Waals surface area contributed by atoms with Gasteiger partial charge in [-0.2, -0.15) is 0 Å². The van der Waals surface area contributed by atoms with Gasteiger partial charge in [0.05, 0.1) is 12.8 Å². The van der Waals surface area contributed by atoms with Crippen LogP contribution < -0.4 is 9.47 Å². The van der Waals surface area contributed by atoms with Crippen molar-refractivity contribution in [3.05, 3.63) is 60.0 Å². The molecular weight excluding hydrogens is 284 g/mol. The van der Waals surface area contributed by atoms with Crippen LogP contribution in [0.15, 0.2) is 48.8 Å². The zero-order chi connectivity index (χ0) is 15.5. The minimum absolute atomic E-state index is 0.158. The van der Waals surface area contributed by atoms with Crippen LogP contribution in [0.2, 0.25) is 0 Å². The Hall–Kier alpha value is -3.02. The number of pyridine rings is 1. The van der Waals surface area contributed by atoms with Crippen molar-refractivity contribution in [2.75, 3.05) is 7.11 Å². The summed E-state index contributed by atoms with van der Waals surface area (Å²) < 4.78 is 12.6. The number of aromatic nitrogens is 2. The number of hydrogen-bond donors (Lipinski definition) is 1. The van der Waals surface area contributed by atoms with Gasteiger partial charge in [0.2, 0.25) is 0 Å². The molecule has 112 valence electrons. The summed E-state index contributed by atoms with van der Waals surface area (Å²) in [7, 11) is 1.58. The van der Waals surface area contributed by atoms with Gasteiger partial charge in [0.1, 0.15) is 12.2 Å². The summed E-state index contributed by atoms with van der Waals surface area (Å²) in [6.45, 7) is 0.223. The number of hydrogen-bond acceptors (Lipinski definition) is 4. The molecule has 3 aromatic rings. The number of nitrogens with zero attached hydrogens (tertiary/aromatic N) is 2. The molecule has 2 aromatic heterocycles. The molecule has 1 N–H and O–H groups in total. The average molecular weight is 298 g/mol. The molecule has 6 heteroatoms. The summed E-state index contributed by atoms with van der Waals surface area (Å²) in [5.41, 5.74) is 1.19. The van der Waals surface area contributed by atoms with E-state index in [1.54, 1.807) is 36.0 Å². The van der Waals surface area contributed by atoms with Crippen LogP contribution in [-0.4, -0.2) is 27.6 Å². The average Bonchev–Trinajstić information content (AvgIpc) is 2.95. The van der Waals surface area contributed by atoms with E-state index in [1.165, 1.54) is 6.07 Å². The normalized spacial score (nSPS) is 10.6. The van der Waals surface area contributed by atoms with Gasteiger partial charge in [-0.05, 0) is 24.3 Å². The molecule has 22 heavy (non-hydrogen) atoms. The van der Waals surface area contributed by atoms with Gasteiger partial charge < -0.3 is 19.0 Å². The number of carbonyl (C=O) groups is 1. The SMILES string of the molecule is COc1ccccc1OCc1cn2cccc(C(=O)O)c2n1. The van der Waals surface area contributed by atoms with E-state index in [0.717, 1.165) is 0 Å². The Balaban J connectivity index is 1.86. The van der Waals surface area contributed by atoms with Crippen molar-refractivity contribution < 1.29 is 19.4 Å². The fraction of sp³-hybridized carbons (Fsp3) is 0.125. The number of fused-ring (bicyclic) bond motifs is 1. The van der Waals surface area contributed by atoms with Crippen molar-refractivity contribution in [2.24, 2.45) is 0 Å². The highest BCUT2D eigenvalue weighted by atomic mass is 16.5. The highest BCUT2D eigenvalue weighted by Gasteiger charge is 2.12. The van der Waals surface area contributed by atoms with Crippen LogP contribution in [0.3, 0.4) is 0 Å². The van der Waals surface area contributed by atoms with Crippen molar-refractivity contribution in [1.82, 2.24) is 9.38 Å². The lowest BCUT2D eigenvalue weighted by Gasteiger charge is -2.08. The maximum Gasteiger partial charge on any atom is 0.339 e. The minimum Gasteiger partial charge on any atom is -0.493 e.